The van der Waals surface area contributed by atoms with Gasteiger partial charge >= 0.3 is 0 Å². The predicted molar refractivity (Wildman–Crippen MR) is 179 cm³/mol. The van der Waals surface area contributed by atoms with Crippen LogP contribution in [0.5, 0.6) is 0 Å². The van der Waals surface area contributed by atoms with Gasteiger partial charge in [-0.3, -0.25) is 0 Å². The number of rotatable bonds is 7. The van der Waals surface area contributed by atoms with E-state index in [1.165, 1.54) is 11.1 Å². The van der Waals surface area contributed by atoms with Crippen molar-refractivity contribution >= 4 is 22.6 Å². The Labute approximate surface area is 264 Å². The highest BCUT2D eigenvalue weighted by molar-refractivity contribution is 5.81. The van der Waals surface area contributed by atoms with Crippen LogP contribution in [0.1, 0.15) is 48.6 Å². The number of benzene rings is 5. The molecule has 0 aliphatic heterocycles. The number of anilines is 3. The molecule has 5 nitrogen and oxygen atoms in total. The highest BCUT2D eigenvalue weighted by Gasteiger charge is 2.15. The largest absolute Gasteiger partial charge is 0.311 e. The van der Waals surface area contributed by atoms with Gasteiger partial charge in [0, 0.05) is 17.1 Å². The molecule has 0 radical (unpaired) electrons. The third-order valence-electron chi connectivity index (χ3n) is 7.83. The van der Waals surface area contributed by atoms with Crippen LogP contribution in [0.3, 0.4) is 0 Å². The smallest absolute Gasteiger partial charge is 0.101 e. The van der Waals surface area contributed by atoms with Gasteiger partial charge in [0.25, 0.3) is 0 Å². The van der Waals surface area contributed by atoms with Crippen molar-refractivity contribution in [2.45, 2.75) is 20.8 Å². The van der Waals surface area contributed by atoms with Crippen molar-refractivity contribution in [2.75, 3.05) is 4.90 Å². The minimum atomic E-state index is 0.354. The molecule has 0 atom stereocenters. The molecular weight excluding hydrogens is 550 g/mol. The molecule has 0 aromatic heterocycles. The van der Waals surface area contributed by atoms with E-state index in [1.54, 1.807) is 24.3 Å². The van der Waals surface area contributed by atoms with Crippen LogP contribution in [0, 0.1) is 51.2 Å². The molecule has 5 aromatic rings. The topological polar surface area (TPSA) is 98.4 Å². The van der Waals surface area contributed by atoms with E-state index in [0.717, 1.165) is 39.3 Å². The van der Waals surface area contributed by atoms with Gasteiger partial charge in [-0.15, -0.1) is 0 Å². The molecule has 0 bridgehead atoms. The van der Waals surface area contributed by atoms with Crippen molar-refractivity contribution in [3.05, 3.63) is 143 Å². The molecular formula is C40H29N5. The number of nitriles is 4. The quantitative estimate of drug-likeness (QED) is 0.191. The third kappa shape index (κ3) is 6.21. The average Bonchev–Trinajstić information content (AvgIpc) is 3.09. The van der Waals surface area contributed by atoms with Gasteiger partial charge in [0.1, 0.15) is 24.3 Å². The lowest BCUT2D eigenvalue weighted by atomic mass is 9.95. The maximum atomic E-state index is 9.49. The van der Waals surface area contributed by atoms with Crippen LogP contribution in [0.25, 0.3) is 27.8 Å². The van der Waals surface area contributed by atoms with E-state index in [4.69, 9.17) is 0 Å². The number of hydrogen-bond donors (Lipinski definition) is 0. The summed E-state index contributed by atoms with van der Waals surface area (Å²) < 4.78 is 0. The van der Waals surface area contributed by atoms with E-state index in [9.17, 15) is 21.0 Å². The molecule has 0 amide bonds. The zero-order valence-electron chi connectivity index (χ0n) is 25.3. The third-order valence-corrected chi connectivity index (χ3v) is 7.83. The summed E-state index contributed by atoms with van der Waals surface area (Å²) in [5.74, 6) is 0.407. The lowest BCUT2D eigenvalue weighted by molar-refractivity contribution is 0.854. The lowest BCUT2D eigenvalue weighted by Crippen LogP contribution is -2.10. The van der Waals surface area contributed by atoms with Crippen molar-refractivity contribution in [3.63, 3.8) is 0 Å². The summed E-state index contributed by atoms with van der Waals surface area (Å²) in [5.41, 5.74) is 10.4. The van der Waals surface area contributed by atoms with E-state index < -0.39 is 0 Å². The first-order chi connectivity index (χ1) is 21.9. The van der Waals surface area contributed by atoms with Crippen LogP contribution in [-0.2, 0) is 0 Å². The molecule has 5 heteroatoms. The van der Waals surface area contributed by atoms with E-state index in [1.807, 2.05) is 60.7 Å². The predicted octanol–water partition coefficient (Wildman–Crippen LogP) is 10.0. The molecule has 0 aliphatic carbocycles. The Kier molecular flexibility index (Phi) is 8.87. The summed E-state index contributed by atoms with van der Waals surface area (Å²) in [6.45, 7) is 6.46. The van der Waals surface area contributed by atoms with Gasteiger partial charge in [0.2, 0.25) is 0 Å². The molecule has 0 fully saturated rings. The van der Waals surface area contributed by atoms with Crippen LogP contribution < -0.4 is 4.90 Å². The SMILES string of the molecule is C/C=C(/c1ccc(N(c2ccc(-c3ccc(C#N)c(C#N)c3)cc2)c2ccc(-c3ccc(C#N)c(C#N)c3)cc2)cc1)C(C)C. The molecule has 0 unspecified atom stereocenters. The zero-order chi connectivity index (χ0) is 31.9. The van der Waals surface area contributed by atoms with Gasteiger partial charge in [0.05, 0.1) is 22.3 Å². The van der Waals surface area contributed by atoms with Gasteiger partial charge in [-0.25, -0.2) is 0 Å². The van der Waals surface area contributed by atoms with Gasteiger partial charge in [-0.2, -0.15) is 21.0 Å². The standard InChI is InChI=1S/C40H29N5/c1-4-40(27(2)3)30-13-19-39(20-14-30)45(37-15-9-28(10-16-37)31-5-7-33(23-41)35(21-31)25-43)38-17-11-29(12-18-38)32-6-8-34(24-42)36(22-32)26-44/h4-22,27H,1-3H3/b40-4+. The molecule has 0 saturated carbocycles. The first-order valence-corrected chi connectivity index (χ1v) is 14.6. The monoisotopic (exact) mass is 579 g/mol. The van der Waals surface area contributed by atoms with Gasteiger partial charge in [-0.1, -0.05) is 68.5 Å². The molecule has 0 spiro atoms. The average molecular weight is 580 g/mol. The van der Waals surface area contributed by atoms with Crippen LogP contribution in [0.4, 0.5) is 17.1 Å². The minimum Gasteiger partial charge on any atom is -0.311 e. The second-order valence-corrected chi connectivity index (χ2v) is 10.8. The van der Waals surface area contributed by atoms with Crippen molar-refractivity contribution in [2.24, 2.45) is 5.92 Å². The molecule has 214 valence electrons. The van der Waals surface area contributed by atoms with E-state index in [-0.39, 0.29) is 0 Å². The summed E-state index contributed by atoms with van der Waals surface area (Å²) in [6, 6.07) is 43.8. The zero-order valence-corrected chi connectivity index (χ0v) is 25.3. The second kappa shape index (κ2) is 13.3. The Hall–Kier alpha value is -6.40. The number of hydrogen-bond acceptors (Lipinski definition) is 5. The van der Waals surface area contributed by atoms with Gasteiger partial charge in [-0.05, 0) is 107 Å². The molecule has 0 aliphatic rings. The minimum absolute atomic E-state index is 0.354. The molecule has 0 N–H and O–H groups in total. The van der Waals surface area contributed by atoms with Crippen LogP contribution >= 0.6 is 0 Å². The molecule has 45 heavy (non-hydrogen) atoms. The Morgan fingerprint density at radius 1 is 0.511 bits per heavy atom. The van der Waals surface area contributed by atoms with Gasteiger partial charge in [0.15, 0.2) is 0 Å². The van der Waals surface area contributed by atoms with E-state index >= 15 is 0 Å². The van der Waals surface area contributed by atoms with Crippen molar-refractivity contribution in [1.82, 2.24) is 0 Å². The van der Waals surface area contributed by atoms with Crippen LogP contribution in [0.2, 0.25) is 0 Å². The summed E-state index contributed by atoms with van der Waals surface area (Å²) in [4.78, 5) is 2.18. The molecule has 5 rings (SSSR count). The Balaban J connectivity index is 1.56. The van der Waals surface area contributed by atoms with Crippen molar-refractivity contribution < 1.29 is 0 Å². The van der Waals surface area contributed by atoms with Crippen molar-refractivity contribution in [3.8, 4) is 46.5 Å². The summed E-state index contributed by atoms with van der Waals surface area (Å²) in [6.07, 6.45) is 2.16. The summed E-state index contributed by atoms with van der Waals surface area (Å²) >= 11 is 0. The first kappa shape index (κ1) is 30.1. The summed E-state index contributed by atoms with van der Waals surface area (Å²) in [7, 11) is 0. The van der Waals surface area contributed by atoms with Crippen LogP contribution in [0.15, 0.2) is 115 Å². The Morgan fingerprint density at radius 2 is 0.867 bits per heavy atom. The fourth-order valence-corrected chi connectivity index (χ4v) is 5.52. The fourth-order valence-electron chi connectivity index (χ4n) is 5.52. The van der Waals surface area contributed by atoms with Crippen molar-refractivity contribution in [1.29, 1.82) is 21.0 Å². The summed E-state index contributed by atoms with van der Waals surface area (Å²) in [5, 5.41) is 37.6. The molecule has 0 saturated heterocycles. The highest BCUT2D eigenvalue weighted by Crippen LogP contribution is 2.38. The second-order valence-electron chi connectivity index (χ2n) is 10.8. The fraction of sp³-hybridized carbons (Fsp3) is 0.100. The molecule has 5 aromatic carbocycles. The number of nitrogens with zero attached hydrogens (tertiary/aromatic N) is 5. The van der Waals surface area contributed by atoms with Gasteiger partial charge < -0.3 is 4.90 Å². The van der Waals surface area contributed by atoms with E-state index in [2.05, 4.69) is 80.3 Å². The van der Waals surface area contributed by atoms with Crippen LogP contribution in [-0.4, -0.2) is 0 Å². The Morgan fingerprint density at radius 3 is 1.20 bits per heavy atom. The Bertz CT molecular complexity index is 1940. The maximum Gasteiger partial charge on any atom is 0.101 e. The maximum absolute atomic E-state index is 9.49. The number of allylic oxidation sites excluding steroid dienone is 2. The highest BCUT2D eigenvalue weighted by atomic mass is 15.1. The van der Waals surface area contributed by atoms with E-state index in [0.29, 0.717) is 28.2 Å². The first-order valence-electron chi connectivity index (χ1n) is 14.6. The molecule has 0 heterocycles. The lowest BCUT2D eigenvalue weighted by Gasteiger charge is -2.26. The normalized spacial score (nSPS) is 10.8.